The molecule has 4 nitrogen and oxygen atoms in total. The van der Waals surface area contributed by atoms with Crippen molar-refractivity contribution >= 4 is 6.08 Å². The fourth-order valence-electron chi connectivity index (χ4n) is 1.45. The van der Waals surface area contributed by atoms with Crippen molar-refractivity contribution in [1.29, 1.82) is 0 Å². The highest BCUT2D eigenvalue weighted by Crippen LogP contribution is 2.22. The summed E-state index contributed by atoms with van der Waals surface area (Å²) in [6.07, 6.45) is 2.45. The minimum atomic E-state index is -0.469. The fourth-order valence-corrected chi connectivity index (χ4v) is 1.45. The highest BCUT2D eigenvalue weighted by Gasteiger charge is 2.03. The molecule has 0 unspecified atom stereocenters. The Balaban J connectivity index is 3.14. The van der Waals surface area contributed by atoms with Crippen LogP contribution in [-0.4, -0.2) is 12.0 Å². The van der Waals surface area contributed by atoms with Gasteiger partial charge in [-0.1, -0.05) is 0 Å². The number of methoxy groups -OCH3 is 1. The van der Waals surface area contributed by atoms with Crippen LogP contribution in [0.25, 0.3) is 6.08 Å². The summed E-state index contributed by atoms with van der Waals surface area (Å²) in [5, 5.41) is 10.2. The van der Waals surface area contributed by atoms with Gasteiger partial charge in [0, 0.05) is 6.08 Å². The first-order chi connectivity index (χ1) is 7.04. The normalized spacial score (nSPS) is 10.6. The van der Waals surface area contributed by atoms with Crippen LogP contribution >= 0.6 is 0 Å². The first kappa shape index (κ1) is 11.2. The third-order valence-electron chi connectivity index (χ3n) is 2.17. The summed E-state index contributed by atoms with van der Waals surface area (Å²) in [4.78, 5) is 9.74. The van der Waals surface area contributed by atoms with Crippen LogP contribution in [0, 0.1) is 24.0 Å². The summed E-state index contributed by atoms with van der Waals surface area (Å²) in [5.74, 6) is 0.767. The summed E-state index contributed by atoms with van der Waals surface area (Å²) in [6, 6.07) is 3.71. The van der Waals surface area contributed by atoms with Crippen molar-refractivity contribution in [3.05, 3.63) is 45.1 Å². The Labute approximate surface area is 88.3 Å². The highest BCUT2D eigenvalue weighted by molar-refractivity contribution is 5.58. The summed E-state index contributed by atoms with van der Waals surface area (Å²) in [7, 11) is 1.60. The molecule has 4 heteroatoms. The third kappa shape index (κ3) is 2.80. The lowest BCUT2D eigenvalue weighted by Gasteiger charge is -2.07. The number of rotatable bonds is 3. The second kappa shape index (κ2) is 4.59. The Morgan fingerprint density at radius 1 is 1.33 bits per heavy atom. The van der Waals surface area contributed by atoms with Crippen molar-refractivity contribution in [1.82, 2.24) is 0 Å². The van der Waals surface area contributed by atoms with Gasteiger partial charge in [0.2, 0.25) is 6.20 Å². The fraction of sp³-hybridized carbons (Fsp3) is 0.273. The minimum absolute atomic E-state index is 0.469. The molecule has 1 aromatic carbocycles. The largest absolute Gasteiger partial charge is 0.497 e. The van der Waals surface area contributed by atoms with Crippen LogP contribution in [-0.2, 0) is 0 Å². The molecule has 80 valence electrons. The van der Waals surface area contributed by atoms with E-state index in [-0.39, 0.29) is 0 Å². The molecule has 0 amide bonds. The summed E-state index contributed by atoms with van der Waals surface area (Å²) in [5.41, 5.74) is 2.79. The van der Waals surface area contributed by atoms with Gasteiger partial charge in [-0.05, 0) is 42.7 Å². The lowest BCUT2D eigenvalue weighted by molar-refractivity contribution is -0.400. The zero-order valence-electron chi connectivity index (χ0n) is 8.98. The third-order valence-corrected chi connectivity index (χ3v) is 2.17. The SMILES string of the molecule is COc1cc(C)c(/C=C/[N+](=O)[O-])c(C)c1. The molecule has 0 N–H and O–H groups in total. The Bertz CT molecular complexity index is 387. The molecule has 0 aliphatic carbocycles. The molecule has 0 bridgehead atoms. The molecule has 0 atom stereocenters. The molecule has 0 radical (unpaired) electrons. The number of benzene rings is 1. The van der Waals surface area contributed by atoms with Gasteiger partial charge in [-0.25, -0.2) is 0 Å². The van der Waals surface area contributed by atoms with E-state index in [9.17, 15) is 10.1 Å². The lowest BCUT2D eigenvalue weighted by Crippen LogP contribution is -1.91. The number of aryl methyl sites for hydroxylation is 2. The van der Waals surface area contributed by atoms with E-state index in [0.29, 0.717) is 0 Å². The van der Waals surface area contributed by atoms with E-state index < -0.39 is 4.92 Å². The molecule has 0 fully saturated rings. The van der Waals surface area contributed by atoms with E-state index in [1.807, 2.05) is 26.0 Å². The maximum atomic E-state index is 10.2. The van der Waals surface area contributed by atoms with Gasteiger partial charge in [0.05, 0.1) is 12.0 Å². The Kier molecular flexibility index (Phi) is 3.44. The van der Waals surface area contributed by atoms with Crippen LogP contribution < -0.4 is 4.74 Å². The molecule has 0 saturated heterocycles. The minimum Gasteiger partial charge on any atom is -0.497 e. The number of nitrogens with zero attached hydrogens (tertiary/aromatic N) is 1. The predicted molar refractivity (Wildman–Crippen MR) is 58.5 cm³/mol. The van der Waals surface area contributed by atoms with Crippen molar-refractivity contribution in [3.8, 4) is 5.75 Å². The van der Waals surface area contributed by atoms with Crippen molar-refractivity contribution in [2.75, 3.05) is 7.11 Å². The van der Waals surface area contributed by atoms with Gasteiger partial charge in [-0.3, -0.25) is 10.1 Å². The molecule has 0 heterocycles. The summed E-state index contributed by atoms with van der Waals surface area (Å²) >= 11 is 0. The van der Waals surface area contributed by atoms with Gasteiger partial charge in [0.25, 0.3) is 0 Å². The van der Waals surface area contributed by atoms with Crippen LogP contribution in [0.2, 0.25) is 0 Å². The van der Waals surface area contributed by atoms with E-state index in [1.54, 1.807) is 7.11 Å². The van der Waals surface area contributed by atoms with Gasteiger partial charge < -0.3 is 4.74 Å². The first-order valence-corrected chi connectivity index (χ1v) is 4.51. The van der Waals surface area contributed by atoms with Gasteiger partial charge in [0.15, 0.2) is 0 Å². The van der Waals surface area contributed by atoms with E-state index in [0.717, 1.165) is 28.6 Å². The van der Waals surface area contributed by atoms with Crippen LogP contribution in [0.4, 0.5) is 0 Å². The topological polar surface area (TPSA) is 52.4 Å². The average Bonchev–Trinajstić information content (AvgIpc) is 2.15. The summed E-state index contributed by atoms with van der Waals surface area (Å²) in [6.45, 7) is 3.80. The average molecular weight is 207 g/mol. The second-order valence-corrected chi connectivity index (χ2v) is 3.28. The quantitative estimate of drug-likeness (QED) is 0.565. The summed E-state index contributed by atoms with van der Waals surface area (Å²) < 4.78 is 5.10. The monoisotopic (exact) mass is 207 g/mol. The maximum Gasteiger partial charge on any atom is 0.235 e. The van der Waals surface area contributed by atoms with Gasteiger partial charge in [-0.2, -0.15) is 0 Å². The zero-order chi connectivity index (χ0) is 11.4. The molecule has 0 aromatic heterocycles. The molecular formula is C11H13NO3. The van der Waals surface area contributed by atoms with Crippen LogP contribution in [0.3, 0.4) is 0 Å². The second-order valence-electron chi connectivity index (χ2n) is 3.28. The molecule has 15 heavy (non-hydrogen) atoms. The van der Waals surface area contributed by atoms with Crippen LogP contribution in [0.5, 0.6) is 5.75 Å². The highest BCUT2D eigenvalue weighted by atomic mass is 16.6. The van der Waals surface area contributed by atoms with Gasteiger partial charge >= 0.3 is 0 Å². The smallest absolute Gasteiger partial charge is 0.235 e. The number of ether oxygens (including phenoxy) is 1. The number of nitro groups is 1. The number of hydrogen-bond donors (Lipinski definition) is 0. The Hall–Kier alpha value is -1.84. The van der Waals surface area contributed by atoms with E-state index in [2.05, 4.69) is 0 Å². The van der Waals surface area contributed by atoms with Crippen molar-refractivity contribution < 1.29 is 9.66 Å². The van der Waals surface area contributed by atoms with Crippen molar-refractivity contribution in [2.45, 2.75) is 13.8 Å². The van der Waals surface area contributed by atoms with E-state index in [4.69, 9.17) is 4.74 Å². The Morgan fingerprint density at radius 2 is 1.87 bits per heavy atom. The van der Waals surface area contributed by atoms with Gasteiger partial charge in [0.1, 0.15) is 5.75 Å². The van der Waals surface area contributed by atoms with Crippen LogP contribution in [0.1, 0.15) is 16.7 Å². The molecule has 0 aliphatic heterocycles. The Morgan fingerprint density at radius 3 is 2.27 bits per heavy atom. The standard InChI is InChI=1S/C11H13NO3/c1-8-6-10(15-3)7-9(2)11(8)4-5-12(13)14/h4-7H,1-3H3/b5-4+. The maximum absolute atomic E-state index is 10.2. The van der Waals surface area contributed by atoms with Crippen LogP contribution in [0.15, 0.2) is 18.3 Å². The van der Waals surface area contributed by atoms with Crippen molar-refractivity contribution in [3.63, 3.8) is 0 Å². The van der Waals surface area contributed by atoms with E-state index in [1.165, 1.54) is 6.08 Å². The number of hydrogen-bond acceptors (Lipinski definition) is 3. The predicted octanol–water partition coefficient (Wildman–Crippen LogP) is 2.56. The molecule has 0 spiro atoms. The molecule has 1 rings (SSSR count). The van der Waals surface area contributed by atoms with E-state index >= 15 is 0 Å². The van der Waals surface area contributed by atoms with Gasteiger partial charge in [-0.15, -0.1) is 0 Å². The molecule has 0 aliphatic rings. The molecule has 1 aromatic rings. The molecule has 0 saturated carbocycles. The van der Waals surface area contributed by atoms with Crippen molar-refractivity contribution in [2.24, 2.45) is 0 Å². The first-order valence-electron chi connectivity index (χ1n) is 4.51. The lowest BCUT2D eigenvalue weighted by atomic mass is 10.0. The zero-order valence-corrected chi connectivity index (χ0v) is 8.98. The molecular weight excluding hydrogens is 194 g/mol.